The zero-order valence-electron chi connectivity index (χ0n) is 20.9. The number of phosphoric ester groups is 2. The summed E-state index contributed by atoms with van der Waals surface area (Å²) >= 11 is 0. The van der Waals surface area contributed by atoms with Crippen LogP contribution in [-0.2, 0) is 32.2 Å². The lowest BCUT2D eigenvalue weighted by atomic mass is 10.1. The summed E-state index contributed by atoms with van der Waals surface area (Å²) in [4.78, 5) is 56.5. The largest absolute Gasteiger partial charge is 0.472 e. The Balaban J connectivity index is 1.26. The molecule has 2 saturated heterocycles. The van der Waals surface area contributed by atoms with Gasteiger partial charge in [0.2, 0.25) is 0 Å². The highest BCUT2D eigenvalue weighted by Gasteiger charge is 2.44. The lowest BCUT2D eigenvalue weighted by molar-refractivity contribution is -0.0460. The Morgan fingerprint density at radius 1 is 1.07 bits per heavy atom. The molecular formula is C19H26N8O12P2. The first-order valence-corrected chi connectivity index (χ1v) is 14.9. The first kappa shape index (κ1) is 29.6. The van der Waals surface area contributed by atoms with Crippen molar-refractivity contribution in [2.24, 2.45) is 0 Å². The normalized spacial score (nSPS) is 28.3. The van der Waals surface area contributed by atoms with Crippen molar-refractivity contribution in [3.63, 3.8) is 0 Å². The predicted molar refractivity (Wildman–Crippen MR) is 135 cm³/mol. The summed E-state index contributed by atoms with van der Waals surface area (Å²) in [5.41, 5.74) is 11.1. The minimum absolute atomic E-state index is 0.000775. The Morgan fingerprint density at radius 3 is 2.56 bits per heavy atom. The standard InChI is InChI=1S/C19H26N8O12P2/c20-13-1-2-26(19(29)25-13)9-4-35-12(16(9)28)6-37-41(33,34)39-10-3-14(38-11(10)5-36-40(30,31)32)27-8-24-15-17(21)22-7-23-18(15)27/h1-2,7-12,14,16,28H,3-6H2,(H,33,34)(H2,20,25,29)(H2,21,22,23)(H2,30,31,32)/t9-,10+,11-,12-,14-,16+/m1/s1. The maximum atomic E-state index is 12.9. The number of rotatable bonds is 10. The van der Waals surface area contributed by atoms with Gasteiger partial charge in [-0.3, -0.25) is 22.7 Å². The Kier molecular flexibility index (Phi) is 8.25. The van der Waals surface area contributed by atoms with E-state index < -0.39 is 71.2 Å². The van der Waals surface area contributed by atoms with Crippen molar-refractivity contribution >= 4 is 38.4 Å². The van der Waals surface area contributed by atoms with Crippen molar-refractivity contribution in [3.05, 3.63) is 35.4 Å². The van der Waals surface area contributed by atoms with Crippen LogP contribution < -0.4 is 17.2 Å². The number of hydrogen-bond acceptors (Lipinski definition) is 15. The number of phosphoric acid groups is 2. The maximum Gasteiger partial charge on any atom is 0.472 e. The molecule has 41 heavy (non-hydrogen) atoms. The zero-order chi connectivity index (χ0) is 29.5. The van der Waals surface area contributed by atoms with E-state index in [0.717, 1.165) is 4.57 Å². The first-order valence-electron chi connectivity index (χ1n) is 11.9. The SMILES string of the molecule is Nc1ccn([C@@H]2CO[C@H](COP(=O)(O)O[C@H]3C[C@H](n4cnc5c(N)ncnc54)O[C@@H]3COP(=O)(O)O)[C@H]2O)c(=O)n1. The van der Waals surface area contributed by atoms with E-state index in [1.54, 1.807) is 0 Å². The molecule has 8 N–H and O–H groups in total. The fourth-order valence-corrected chi connectivity index (χ4v) is 5.79. The quantitative estimate of drug-likeness (QED) is 0.140. The van der Waals surface area contributed by atoms with E-state index in [4.69, 9.17) is 39.8 Å². The monoisotopic (exact) mass is 620 g/mol. The van der Waals surface area contributed by atoms with Crippen LogP contribution >= 0.6 is 15.6 Å². The number of nitrogens with two attached hydrogens (primary N) is 2. The van der Waals surface area contributed by atoms with Crippen LogP contribution in [0.25, 0.3) is 11.2 Å². The van der Waals surface area contributed by atoms with Gasteiger partial charge in [0, 0.05) is 12.6 Å². The zero-order valence-corrected chi connectivity index (χ0v) is 22.7. The van der Waals surface area contributed by atoms with Gasteiger partial charge < -0.3 is 40.7 Å². The number of ether oxygens (including phenoxy) is 2. The van der Waals surface area contributed by atoms with E-state index in [1.807, 2.05) is 0 Å². The second-order valence-electron chi connectivity index (χ2n) is 9.11. The molecule has 3 aromatic rings. The summed E-state index contributed by atoms with van der Waals surface area (Å²) in [6.45, 7) is -1.43. The molecule has 3 aromatic heterocycles. The van der Waals surface area contributed by atoms with E-state index in [9.17, 15) is 23.9 Å². The fourth-order valence-electron chi connectivity index (χ4n) is 4.49. The lowest BCUT2D eigenvalue weighted by Crippen LogP contribution is -2.36. The van der Waals surface area contributed by atoms with Gasteiger partial charge in [-0.1, -0.05) is 0 Å². The number of aromatic nitrogens is 6. The van der Waals surface area contributed by atoms with Crippen molar-refractivity contribution < 1.29 is 52.0 Å². The van der Waals surface area contributed by atoms with Crippen LogP contribution in [0.2, 0.25) is 0 Å². The molecule has 7 atom stereocenters. The molecule has 0 amide bonds. The van der Waals surface area contributed by atoms with Crippen LogP contribution in [0.5, 0.6) is 0 Å². The van der Waals surface area contributed by atoms with Gasteiger partial charge in [-0.05, 0) is 6.07 Å². The van der Waals surface area contributed by atoms with E-state index in [2.05, 4.69) is 24.5 Å². The molecular weight excluding hydrogens is 594 g/mol. The number of nitrogens with zero attached hydrogens (tertiary/aromatic N) is 6. The van der Waals surface area contributed by atoms with Crippen molar-refractivity contribution in [3.8, 4) is 0 Å². The Labute approximate surface area is 229 Å². The molecule has 0 radical (unpaired) electrons. The Hall–Kier alpha value is -2.87. The predicted octanol–water partition coefficient (Wildman–Crippen LogP) is -1.55. The second-order valence-corrected chi connectivity index (χ2v) is 11.8. The Morgan fingerprint density at radius 2 is 1.83 bits per heavy atom. The minimum Gasteiger partial charge on any atom is -0.388 e. The van der Waals surface area contributed by atoms with E-state index >= 15 is 0 Å². The smallest absolute Gasteiger partial charge is 0.388 e. The number of hydrogen-bond donors (Lipinski definition) is 6. The molecule has 0 spiro atoms. The minimum atomic E-state index is -4.93. The fraction of sp³-hybridized carbons (Fsp3) is 0.526. The molecule has 5 heterocycles. The van der Waals surface area contributed by atoms with Gasteiger partial charge >= 0.3 is 21.3 Å². The summed E-state index contributed by atoms with van der Waals surface area (Å²) in [6, 6.07) is 0.510. The number of nitrogen functional groups attached to an aromatic ring is 2. The molecule has 0 aromatic carbocycles. The van der Waals surface area contributed by atoms with Gasteiger partial charge in [-0.25, -0.2) is 28.9 Å². The molecule has 20 nitrogen and oxygen atoms in total. The first-order chi connectivity index (χ1) is 19.3. The maximum absolute atomic E-state index is 12.9. The van der Waals surface area contributed by atoms with E-state index in [-0.39, 0.29) is 35.8 Å². The molecule has 2 aliphatic heterocycles. The molecule has 0 aliphatic carbocycles. The summed E-state index contributed by atoms with van der Waals surface area (Å²) < 4.78 is 52.9. The van der Waals surface area contributed by atoms with Crippen LogP contribution in [0.1, 0.15) is 18.7 Å². The van der Waals surface area contributed by atoms with E-state index in [0.29, 0.717) is 0 Å². The van der Waals surface area contributed by atoms with Crippen LogP contribution in [0.3, 0.4) is 0 Å². The molecule has 2 aliphatic rings. The van der Waals surface area contributed by atoms with Crippen LogP contribution in [-0.4, -0.2) is 93.1 Å². The second kappa shape index (κ2) is 11.4. The topological polar surface area (TPSA) is 292 Å². The van der Waals surface area contributed by atoms with Gasteiger partial charge in [-0.2, -0.15) is 4.98 Å². The average molecular weight is 620 g/mol. The van der Waals surface area contributed by atoms with Crippen LogP contribution in [0, 0.1) is 0 Å². The highest BCUT2D eigenvalue weighted by atomic mass is 31.2. The highest BCUT2D eigenvalue weighted by molar-refractivity contribution is 7.47. The van der Waals surface area contributed by atoms with Gasteiger partial charge in [0.05, 0.1) is 32.2 Å². The third kappa shape index (κ3) is 6.63. The van der Waals surface area contributed by atoms with Gasteiger partial charge in [0.25, 0.3) is 0 Å². The molecule has 224 valence electrons. The third-order valence-electron chi connectivity index (χ3n) is 6.42. The van der Waals surface area contributed by atoms with Crippen LogP contribution in [0.15, 0.2) is 29.7 Å². The van der Waals surface area contributed by atoms with Crippen molar-refractivity contribution in [1.82, 2.24) is 29.1 Å². The summed E-state index contributed by atoms with van der Waals surface area (Å²) in [6.07, 6.45) is -2.08. The van der Waals surface area contributed by atoms with E-state index in [1.165, 1.54) is 29.5 Å². The van der Waals surface area contributed by atoms with Crippen LogP contribution in [0.4, 0.5) is 11.6 Å². The number of aliphatic hydroxyl groups is 1. The molecule has 2 fully saturated rings. The van der Waals surface area contributed by atoms with Gasteiger partial charge in [0.1, 0.15) is 48.3 Å². The lowest BCUT2D eigenvalue weighted by Gasteiger charge is -2.23. The summed E-state index contributed by atoms with van der Waals surface area (Å²) in [5, 5.41) is 10.6. The average Bonchev–Trinajstić information content (AvgIpc) is 3.59. The molecule has 5 rings (SSSR count). The van der Waals surface area contributed by atoms with Crippen molar-refractivity contribution in [2.45, 2.75) is 43.1 Å². The number of aliphatic hydroxyl groups excluding tert-OH is 1. The molecule has 1 unspecified atom stereocenters. The Bertz CT molecular complexity index is 1560. The third-order valence-corrected chi connectivity index (χ3v) is 7.92. The highest BCUT2D eigenvalue weighted by Crippen LogP contribution is 2.49. The van der Waals surface area contributed by atoms with Gasteiger partial charge in [0.15, 0.2) is 11.5 Å². The number of anilines is 2. The molecule has 22 heteroatoms. The summed E-state index contributed by atoms with van der Waals surface area (Å²) in [7, 11) is -9.81. The van der Waals surface area contributed by atoms with Crippen molar-refractivity contribution in [2.75, 3.05) is 31.3 Å². The summed E-state index contributed by atoms with van der Waals surface area (Å²) in [5.74, 6) is 0.101. The number of fused-ring (bicyclic) bond motifs is 1. The van der Waals surface area contributed by atoms with Gasteiger partial charge in [-0.15, -0.1) is 0 Å². The molecule has 0 bridgehead atoms. The number of imidazole rings is 1. The molecule has 0 saturated carbocycles. The van der Waals surface area contributed by atoms with Crippen molar-refractivity contribution in [1.29, 1.82) is 0 Å².